The SMILES string of the molecule is O=C(CNc1c(F)cccc1F)N1CCc2ccccc2C1. The van der Waals surface area contributed by atoms with Crippen molar-refractivity contribution in [2.24, 2.45) is 0 Å². The predicted molar refractivity (Wildman–Crippen MR) is 80.4 cm³/mol. The van der Waals surface area contributed by atoms with Crippen LogP contribution in [-0.2, 0) is 17.8 Å². The number of benzene rings is 2. The fourth-order valence-corrected chi connectivity index (χ4v) is 2.65. The van der Waals surface area contributed by atoms with Crippen molar-refractivity contribution in [2.45, 2.75) is 13.0 Å². The summed E-state index contributed by atoms with van der Waals surface area (Å²) in [6.07, 6.45) is 0.802. The average molecular weight is 302 g/mol. The lowest BCUT2D eigenvalue weighted by Crippen LogP contribution is -2.39. The van der Waals surface area contributed by atoms with Crippen LogP contribution in [0.5, 0.6) is 0 Å². The Morgan fingerprint density at radius 3 is 2.45 bits per heavy atom. The van der Waals surface area contributed by atoms with Crippen molar-refractivity contribution in [3.8, 4) is 0 Å². The Bertz CT molecular complexity index is 683. The van der Waals surface area contributed by atoms with Crippen LogP contribution in [0.1, 0.15) is 11.1 Å². The molecular formula is C17H16F2N2O. The van der Waals surface area contributed by atoms with E-state index in [2.05, 4.69) is 11.4 Å². The van der Waals surface area contributed by atoms with E-state index in [0.29, 0.717) is 13.1 Å². The van der Waals surface area contributed by atoms with Crippen molar-refractivity contribution in [3.05, 3.63) is 65.2 Å². The van der Waals surface area contributed by atoms with Crippen LogP contribution in [0, 0.1) is 11.6 Å². The zero-order valence-electron chi connectivity index (χ0n) is 12.0. The van der Waals surface area contributed by atoms with Crippen LogP contribution in [0.25, 0.3) is 0 Å². The summed E-state index contributed by atoms with van der Waals surface area (Å²) in [4.78, 5) is 13.9. The number of para-hydroxylation sites is 1. The third-order valence-electron chi connectivity index (χ3n) is 3.86. The maximum Gasteiger partial charge on any atom is 0.242 e. The Morgan fingerprint density at radius 2 is 1.73 bits per heavy atom. The molecule has 22 heavy (non-hydrogen) atoms. The van der Waals surface area contributed by atoms with Gasteiger partial charge < -0.3 is 10.2 Å². The number of amides is 1. The van der Waals surface area contributed by atoms with Gasteiger partial charge in [-0.05, 0) is 29.7 Å². The number of nitrogens with zero attached hydrogens (tertiary/aromatic N) is 1. The fourth-order valence-electron chi connectivity index (χ4n) is 2.65. The molecule has 2 aromatic rings. The van der Waals surface area contributed by atoms with Crippen LogP contribution in [-0.4, -0.2) is 23.9 Å². The van der Waals surface area contributed by atoms with Gasteiger partial charge in [-0.25, -0.2) is 8.78 Å². The van der Waals surface area contributed by atoms with E-state index in [1.54, 1.807) is 4.90 Å². The fraction of sp³-hybridized carbons (Fsp3) is 0.235. The summed E-state index contributed by atoms with van der Waals surface area (Å²) in [5.74, 6) is -1.56. The summed E-state index contributed by atoms with van der Waals surface area (Å²) < 4.78 is 27.0. The highest BCUT2D eigenvalue weighted by Crippen LogP contribution is 2.20. The quantitative estimate of drug-likeness (QED) is 0.945. The summed E-state index contributed by atoms with van der Waals surface area (Å²) in [7, 11) is 0. The Hall–Kier alpha value is -2.43. The van der Waals surface area contributed by atoms with Crippen molar-refractivity contribution in [3.63, 3.8) is 0 Å². The van der Waals surface area contributed by atoms with Crippen molar-refractivity contribution in [2.75, 3.05) is 18.4 Å². The Balaban J connectivity index is 1.64. The molecule has 0 radical (unpaired) electrons. The van der Waals surface area contributed by atoms with Gasteiger partial charge in [0.1, 0.15) is 17.3 Å². The Kier molecular flexibility index (Phi) is 4.04. The molecule has 3 nitrogen and oxygen atoms in total. The first-order chi connectivity index (χ1) is 10.6. The molecule has 0 atom stereocenters. The number of anilines is 1. The first kappa shape index (κ1) is 14.5. The second kappa shape index (κ2) is 6.13. The molecule has 1 N–H and O–H groups in total. The zero-order valence-corrected chi connectivity index (χ0v) is 12.0. The lowest BCUT2D eigenvalue weighted by Gasteiger charge is -2.29. The van der Waals surface area contributed by atoms with Gasteiger partial charge in [-0.15, -0.1) is 0 Å². The molecule has 0 unspecified atom stereocenters. The van der Waals surface area contributed by atoms with Crippen molar-refractivity contribution < 1.29 is 13.6 Å². The molecule has 114 valence electrons. The van der Waals surface area contributed by atoms with Crippen LogP contribution in [0.15, 0.2) is 42.5 Å². The van der Waals surface area contributed by atoms with Gasteiger partial charge in [-0.3, -0.25) is 4.79 Å². The van der Waals surface area contributed by atoms with Crippen molar-refractivity contribution in [1.29, 1.82) is 0 Å². The molecule has 2 aromatic carbocycles. The zero-order chi connectivity index (χ0) is 15.5. The van der Waals surface area contributed by atoms with Crippen LogP contribution >= 0.6 is 0 Å². The molecule has 1 aliphatic rings. The maximum absolute atomic E-state index is 13.5. The molecule has 0 aliphatic carbocycles. The highest BCUT2D eigenvalue weighted by atomic mass is 19.1. The minimum Gasteiger partial charge on any atom is -0.371 e. The van der Waals surface area contributed by atoms with E-state index in [1.807, 2.05) is 18.2 Å². The molecule has 1 aliphatic heterocycles. The van der Waals surface area contributed by atoms with E-state index in [1.165, 1.54) is 11.6 Å². The van der Waals surface area contributed by atoms with Crippen molar-refractivity contribution >= 4 is 11.6 Å². The van der Waals surface area contributed by atoms with E-state index in [4.69, 9.17) is 0 Å². The average Bonchev–Trinajstić information content (AvgIpc) is 2.53. The minimum atomic E-state index is -0.697. The topological polar surface area (TPSA) is 32.3 Å². The molecule has 0 saturated heterocycles. The largest absolute Gasteiger partial charge is 0.371 e. The van der Waals surface area contributed by atoms with E-state index in [0.717, 1.165) is 24.1 Å². The molecule has 0 saturated carbocycles. The van der Waals surface area contributed by atoms with Gasteiger partial charge in [0.15, 0.2) is 0 Å². The van der Waals surface area contributed by atoms with Gasteiger partial charge >= 0.3 is 0 Å². The molecule has 1 heterocycles. The number of halogens is 2. The molecular weight excluding hydrogens is 286 g/mol. The number of fused-ring (bicyclic) bond motifs is 1. The lowest BCUT2D eigenvalue weighted by atomic mass is 10.00. The standard InChI is InChI=1S/C17H16F2N2O/c18-14-6-3-7-15(19)17(14)20-10-16(22)21-9-8-12-4-1-2-5-13(12)11-21/h1-7,20H,8-11H2. The second-order valence-corrected chi connectivity index (χ2v) is 5.28. The van der Waals surface area contributed by atoms with Gasteiger partial charge in [0.05, 0.1) is 6.54 Å². The van der Waals surface area contributed by atoms with Gasteiger partial charge in [-0.2, -0.15) is 0 Å². The number of nitrogens with one attached hydrogen (secondary N) is 1. The number of carbonyl (C=O) groups excluding carboxylic acids is 1. The minimum absolute atomic E-state index is 0.125. The van der Waals surface area contributed by atoms with Gasteiger partial charge in [0.25, 0.3) is 0 Å². The first-order valence-electron chi connectivity index (χ1n) is 7.17. The van der Waals surface area contributed by atoms with Crippen LogP contribution < -0.4 is 5.32 Å². The van der Waals surface area contributed by atoms with Gasteiger partial charge in [0.2, 0.25) is 5.91 Å². The van der Waals surface area contributed by atoms with Gasteiger partial charge in [0, 0.05) is 13.1 Å². The number of hydrogen-bond donors (Lipinski definition) is 1. The van der Waals surface area contributed by atoms with E-state index in [-0.39, 0.29) is 18.1 Å². The molecule has 5 heteroatoms. The summed E-state index contributed by atoms with van der Waals surface area (Å²) in [6.45, 7) is 1.04. The molecule has 0 spiro atoms. The normalized spacial score (nSPS) is 13.6. The molecule has 0 fully saturated rings. The monoisotopic (exact) mass is 302 g/mol. The third-order valence-corrected chi connectivity index (χ3v) is 3.86. The highest BCUT2D eigenvalue weighted by molar-refractivity contribution is 5.81. The Labute approximate surface area is 127 Å². The van der Waals surface area contributed by atoms with E-state index >= 15 is 0 Å². The second-order valence-electron chi connectivity index (χ2n) is 5.28. The van der Waals surface area contributed by atoms with E-state index in [9.17, 15) is 13.6 Å². The van der Waals surface area contributed by atoms with Crippen LogP contribution in [0.4, 0.5) is 14.5 Å². The third kappa shape index (κ3) is 2.93. The number of hydrogen-bond acceptors (Lipinski definition) is 2. The molecule has 1 amide bonds. The molecule has 0 bridgehead atoms. The van der Waals surface area contributed by atoms with Gasteiger partial charge in [-0.1, -0.05) is 30.3 Å². The Morgan fingerprint density at radius 1 is 1.05 bits per heavy atom. The molecule has 0 aromatic heterocycles. The lowest BCUT2D eigenvalue weighted by molar-refractivity contribution is -0.130. The summed E-state index contributed by atoms with van der Waals surface area (Å²) in [5, 5.41) is 2.56. The van der Waals surface area contributed by atoms with Crippen LogP contribution in [0.2, 0.25) is 0 Å². The first-order valence-corrected chi connectivity index (χ1v) is 7.17. The summed E-state index contributed by atoms with van der Waals surface area (Å²) in [6, 6.07) is 11.6. The summed E-state index contributed by atoms with van der Waals surface area (Å²) >= 11 is 0. The number of rotatable bonds is 3. The van der Waals surface area contributed by atoms with E-state index < -0.39 is 11.6 Å². The smallest absolute Gasteiger partial charge is 0.242 e. The highest BCUT2D eigenvalue weighted by Gasteiger charge is 2.20. The predicted octanol–water partition coefficient (Wildman–Crippen LogP) is 2.96. The van der Waals surface area contributed by atoms with Crippen molar-refractivity contribution in [1.82, 2.24) is 4.90 Å². The van der Waals surface area contributed by atoms with Crippen LogP contribution in [0.3, 0.4) is 0 Å². The summed E-state index contributed by atoms with van der Waals surface area (Å²) in [5.41, 5.74) is 2.12. The molecule has 3 rings (SSSR count). The number of carbonyl (C=O) groups is 1. The maximum atomic E-state index is 13.5.